The molecule has 0 unspecified atom stereocenters. The highest BCUT2D eigenvalue weighted by Crippen LogP contribution is 2.27. The molecule has 1 amide bonds. The van der Waals surface area contributed by atoms with Crippen LogP contribution in [0.15, 0.2) is 42.5 Å². The minimum atomic E-state index is -2.69. The number of hydrogen-bond donors (Lipinski definition) is 1. The summed E-state index contributed by atoms with van der Waals surface area (Å²) >= 11 is 0. The number of para-hydroxylation sites is 2. The van der Waals surface area contributed by atoms with Crippen LogP contribution in [0.4, 0.5) is 8.78 Å². The van der Waals surface area contributed by atoms with Gasteiger partial charge in [-0.25, -0.2) is 4.98 Å². The molecule has 6 heteroatoms. The summed E-state index contributed by atoms with van der Waals surface area (Å²) in [5.74, 6) is -0.303. The van der Waals surface area contributed by atoms with Gasteiger partial charge < -0.3 is 5.32 Å². The van der Waals surface area contributed by atoms with E-state index in [9.17, 15) is 13.6 Å². The van der Waals surface area contributed by atoms with Crippen LogP contribution >= 0.6 is 0 Å². The van der Waals surface area contributed by atoms with Gasteiger partial charge in [0.1, 0.15) is 5.82 Å². The Bertz CT molecular complexity index is 949. The number of alkyl halides is 2. The maximum atomic E-state index is 13.5. The number of aryl methyl sites for hydroxylation is 2. The van der Waals surface area contributed by atoms with E-state index in [-0.39, 0.29) is 24.2 Å². The molecule has 1 heterocycles. The van der Waals surface area contributed by atoms with Crippen LogP contribution in [-0.2, 0) is 0 Å². The summed E-state index contributed by atoms with van der Waals surface area (Å²) in [6.45, 7) is 3.16. The van der Waals surface area contributed by atoms with E-state index in [4.69, 9.17) is 0 Å². The van der Waals surface area contributed by atoms with E-state index in [0.717, 1.165) is 15.7 Å². The quantitative estimate of drug-likeness (QED) is 0.726. The number of nitrogens with one attached hydrogen (secondary N) is 1. The second-order valence-corrected chi connectivity index (χ2v) is 6.54. The molecule has 0 spiro atoms. The Morgan fingerprint density at radius 2 is 1.92 bits per heavy atom. The number of nitrogens with zero attached hydrogens (tertiary/aromatic N) is 2. The van der Waals surface area contributed by atoms with E-state index in [2.05, 4.69) is 10.3 Å². The van der Waals surface area contributed by atoms with Gasteiger partial charge in [-0.3, -0.25) is 9.36 Å². The normalized spacial score (nSPS) is 12.5. The molecular weight excluding hydrogens is 336 g/mol. The van der Waals surface area contributed by atoms with Crippen LogP contribution in [0.1, 0.15) is 46.7 Å². The Kier molecular flexibility index (Phi) is 5.02. The van der Waals surface area contributed by atoms with Gasteiger partial charge in [0.25, 0.3) is 5.91 Å². The highest BCUT2D eigenvalue weighted by molar-refractivity contribution is 5.95. The van der Waals surface area contributed by atoms with Gasteiger partial charge in [-0.05, 0) is 37.6 Å². The standard InChI is InChI=1S/C20H21F2N3O/c1-12-8-9-15(13(2)10-12)19(26)23-11-14(3)18-24-16-6-4-5-7-17(16)25(18)20(21)22/h4-10,14,20H,11H2,1-3H3,(H,23,26)/t14-/m0/s1. The number of halogens is 2. The van der Waals surface area contributed by atoms with E-state index in [1.807, 2.05) is 26.0 Å². The van der Waals surface area contributed by atoms with Crippen molar-refractivity contribution in [2.45, 2.75) is 33.2 Å². The van der Waals surface area contributed by atoms with Crippen LogP contribution in [0.2, 0.25) is 0 Å². The first-order valence-corrected chi connectivity index (χ1v) is 8.49. The van der Waals surface area contributed by atoms with Crippen LogP contribution < -0.4 is 5.32 Å². The molecule has 0 aliphatic carbocycles. The molecule has 26 heavy (non-hydrogen) atoms. The lowest BCUT2D eigenvalue weighted by Gasteiger charge is -2.15. The second-order valence-electron chi connectivity index (χ2n) is 6.54. The Labute approximate surface area is 150 Å². The molecular formula is C20H21F2N3O. The number of fused-ring (bicyclic) bond motifs is 1. The average Bonchev–Trinajstić information content (AvgIpc) is 2.99. The van der Waals surface area contributed by atoms with Crippen molar-refractivity contribution in [1.82, 2.24) is 14.9 Å². The van der Waals surface area contributed by atoms with Gasteiger partial charge in [0, 0.05) is 18.0 Å². The van der Waals surface area contributed by atoms with Crippen LogP contribution in [-0.4, -0.2) is 22.0 Å². The molecule has 1 aromatic heterocycles. The molecule has 4 nitrogen and oxygen atoms in total. The van der Waals surface area contributed by atoms with Gasteiger partial charge in [0.15, 0.2) is 0 Å². The summed E-state index contributed by atoms with van der Waals surface area (Å²) < 4.78 is 28.0. The molecule has 0 saturated carbocycles. The van der Waals surface area contributed by atoms with E-state index in [1.54, 1.807) is 37.3 Å². The third kappa shape index (κ3) is 3.45. The summed E-state index contributed by atoms with van der Waals surface area (Å²) in [6, 6.07) is 12.4. The summed E-state index contributed by atoms with van der Waals surface area (Å²) in [7, 11) is 0. The maximum Gasteiger partial charge on any atom is 0.320 e. The zero-order valence-electron chi connectivity index (χ0n) is 15.0. The van der Waals surface area contributed by atoms with Crippen molar-refractivity contribution in [1.29, 1.82) is 0 Å². The number of carbonyl (C=O) groups excluding carboxylic acids is 1. The summed E-state index contributed by atoms with van der Waals surface area (Å²) in [5, 5.41) is 2.83. The van der Waals surface area contributed by atoms with Gasteiger partial charge in [-0.2, -0.15) is 8.78 Å². The molecule has 3 aromatic rings. The molecule has 1 N–H and O–H groups in total. The van der Waals surface area contributed by atoms with Crippen LogP contribution in [0.25, 0.3) is 11.0 Å². The number of benzene rings is 2. The predicted octanol–water partition coefficient (Wildman–Crippen LogP) is 4.58. The molecule has 0 saturated heterocycles. The fraction of sp³-hybridized carbons (Fsp3) is 0.300. The van der Waals surface area contributed by atoms with E-state index >= 15 is 0 Å². The largest absolute Gasteiger partial charge is 0.351 e. The lowest BCUT2D eigenvalue weighted by atomic mass is 10.0. The molecule has 0 aliphatic rings. The molecule has 0 bridgehead atoms. The smallest absolute Gasteiger partial charge is 0.320 e. The number of hydrogen-bond acceptors (Lipinski definition) is 2. The van der Waals surface area contributed by atoms with Crippen molar-refractivity contribution in [3.8, 4) is 0 Å². The molecule has 1 atom stereocenters. The summed E-state index contributed by atoms with van der Waals surface area (Å²) in [5.41, 5.74) is 3.47. The molecule has 136 valence electrons. The SMILES string of the molecule is Cc1ccc(C(=O)NC[C@H](C)c2nc3ccccc3n2C(F)F)c(C)c1. The number of aromatic nitrogens is 2. The van der Waals surface area contributed by atoms with Crippen molar-refractivity contribution in [2.24, 2.45) is 0 Å². The second kappa shape index (κ2) is 7.23. The van der Waals surface area contributed by atoms with Gasteiger partial charge >= 0.3 is 6.55 Å². The first-order chi connectivity index (χ1) is 12.4. The summed E-state index contributed by atoms with van der Waals surface area (Å²) in [4.78, 5) is 16.8. The van der Waals surface area contributed by atoms with Crippen molar-refractivity contribution in [2.75, 3.05) is 6.54 Å². The topological polar surface area (TPSA) is 46.9 Å². The molecule has 0 radical (unpaired) electrons. The van der Waals surface area contributed by atoms with Gasteiger partial charge in [-0.1, -0.05) is 36.8 Å². The predicted molar refractivity (Wildman–Crippen MR) is 97.7 cm³/mol. The fourth-order valence-electron chi connectivity index (χ4n) is 3.12. The van der Waals surface area contributed by atoms with E-state index in [1.165, 1.54) is 0 Å². The van der Waals surface area contributed by atoms with Crippen molar-refractivity contribution in [3.63, 3.8) is 0 Å². The number of amides is 1. The molecule has 2 aromatic carbocycles. The van der Waals surface area contributed by atoms with Gasteiger partial charge in [0.05, 0.1) is 11.0 Å². The number of rotatable bonds is 5. The molecule has 0 aliphatic heterocycles. The van der Waals surface area contributed by atoms with Crippen molar-refractivity contribution < 1.29 is 13.6 Å². The zero-order chi connectivity index (χ0) is 18.8. The first kappa shape index (κ1) is 18.0. The Morgan fingerprint density at radius 3 is 2.62 bits per heavy atom. The van der Waals surface area contributed by atoms with Crippen LogP contribution in [0, 0.1) is 13.8 Å². The molecule has 3 rings (SSSR count). The van der Waals surface area contributed by atoms with E-state index in [0.29, 0.717) is 16.6 Å². The minimum Gasteiger partial charge on any atom is -0.351 e. The van der Waals surface area contributed by atoms with Crippen LogP contribution in [0.5, 0.6) is 0 Å². The minimum absolute atomic E-state index is 0.214. The Balaban J connectivity index is 1.80. The van der Waals surface area contributed by atoms with Crippen LogP contribution in [0.3, 0.4) is 0 Å². The highest BCUT2D eigenvalue weighted by atomic mass is 19.3. The third-order valence-electron chi connectivity index (χ3n) is 4.45. The number of carbonyl (C=O) groups is 1. The average molecular weight is 357 g/mol. The fourth-order valence-corrected chi connectivity index (χ4v) is 3.12. The monoisotopic (exact) mass is 357 g/mol. The van der Waals surface area contributed by atoms with Gasteiger partial charge in [-0.15, -0.1) is 0 Å². The number of imidazole rings is 1. The molecule has 0 fully saturated rings. The third-order valence-corrected chi connectivity index (χ3v) is 4.45. The van der Waals surface area contributed by atoms with Crippen molar-refractivity contribution in [3.05, 3.63) is 65.0 Å². The first-order valence-electron chi connectivity index (χ1n) is 8.49. The Morgan fingerprint density at radius 1 is 1.19 bits per heavy atom. The van der Waals surface area contributed by atoms with E-state index < -0.39 is 6.55 Å². The maximum absolute atomic E-state index is 13.5. The van der Waals surface area contributed by atoms with Gasteiger partial charge in [0.2, 0.25) is 0 Å². The van der Waals surface area contributed by atoms with Crippen molar-refractivity contribution >= 4 is 16.9 Å². The highest BCUT2D eigenvalue weighted by Gasteiger charge is 2.22. The lowest BCUT2D eigenvalue weighted by molar-refractivity contribution is 0.0704. The lowest BCUT2D eigenvalue weighted by Crippen LogP contribution is -2.29. The summed E-state index contributed by atoms with van der Waals surface area (Å²) in [6.07, 6.45) is 0. The Hall–Kier alpha value is -2.76. The zero-order valence-corrected chi connectivity index (χ0v) is 15.0.